The molecule has 3 rings (SSSR count). The van der Waals surface area contributed by atoms with Gasteiger partial charge in [0, 0.05) is 30.3 Å². The zero-order chi connectivity index (χ0) is 16.4. The maximum Gasteiger partial charge on any atom is 0.253 e. The monoisotopic (exact) mass is 315 g/mol. The number of benzene rings is 1. The van der Waals surface area contributed by atoms with E-state index in [9.17, 15) is 9.59 Å². The van der Waals surface area contributed by atoms with Gasteiger partial charge >= 0.3 is 0 Å². The zero-order valence-corrected chi connectivity index (χ0v) is 13.9. The Balaban J connectivity index is 1.66. The largest absolute Gasteiger partial charge is 0.339 e. The van der Waals surface area contributed by atoms with Crippen LogP contribution in [0, 0.1) is 18.8 Å². The van der Waals surface area contributed by atoms with Gasteiger partial charge in [-0.25, -0.2) is 0 Å². The van der Waals surface area contributed by atoms with Gasteiger partial charge in [-0.2, -0.15) is 0 Å². The predicted octanol–water partition coefficient (Wildman–Crippen LogP) is 2.03. The molecule has 5 nitrogen and oxygen atoms in total. The Labute approximate surface area is 137 Å². The van der Waals surface area contributed by atoms with Crippen LogP contribution in [-0.2, 0) is 4.79 Å². The van der Waals surface area contributed by atoms with Crippen LogP contribution in [0.5, 0.6) is 0 Å². The van der Waals surface area contributed by atoms with Gasteiger partial charge in [0.15, 0.2) is 0 Å². The number of nitrogens with one attached hydrogen (secondary N) is 2. The summed E-state index contributed by atoms with van der Waals surface area (Å²) in [4.78, 5) is 26.6. The fraction of sp³-hybridized carbons (Fsp3) is 0.556. The molecule has 2 heterocycles. The van der Waals surface area contributed by atoms with Gasteiger partial charge in [-0.05, 0) is 62.5 Å². The second-order valence-electron chi connectivity index (χ2n) is 6.73. The maximum atomic E-state index is 12.4. The molecule has 2 N–H and O–H groups in total. The molecule has 0 aliphatic carbocycles. The van der Waals surface area contributed by atoms with Crippen LogP contribution in [0.2, 0.25) is 0 Å². The molecule has 2 saturated heterocycles. The van der Waals surface area contributed by atoms with E-state index in [4.69, 9.17) is 0 Å². The summed E-state index contributed by atoms with van der Waals surface area (Å²) in [5.74, 6) is 0.573. The van der Waals surface area contributed by atoms with Crippen LogP contribution in [0.4, 0.5) is 5.69 Å². The van der Waals surface area contributed by atoms with Crippen molar-refractivity contribution in [1.29, 1.82) is 0 Å². The number of hydrogen-bond donors (Lipinski definition) is 2. The van der Waals surface area contributed by atoms with E-state index in [-0.39, 0.29) is 17.7 Å². The second-order valence-corrected chi connectivity index (χ2v) is 6.73. The fourth-order valence-electron chi connectivity index (χ4n) is 3.16. The number of anilines is 1. The summed E-state index contributed by atoms with van der Waals surface area (Å²) >= 11 is 0. The highest BCUT2D eigenvalue weighted by Crippen LogP contribution is 2.22. The van der Waals surface area contributed by atoms with Crippen LogP contribution in [0.15, 0.2) is 18.2 Å². The van der Waals surface area contributed by atoms with Crippen molar-refractivity contribution in [2.24, 2.45) is 11.8 Å². The Morgan fingerprint density at radius 1 is 1.26 bits per heavy atom. The molecule has 0 radical (unpaired) electrons. The summed E-state index contributed by atoms with van der Waals surface area (Å²) in [6, 6.07) is 5.55. The van der Waals surface area contributed by atoms with Gasteiger partial charge in [-0.15, -0.1) is 0 Å². The van der Waals surface area contributed by atoms with Crippen LogP contribution in [0.25, 0.3) is 0 Å². The lowest BCUT2D eigenvalue weighted by Gasteiger charge is -2.31. The third kappa shape index (κ3) is 3.39. The van der Waals surface area contributed by atoms with E-state index in [0.717, 1.165) is 50.3 Å². The number of carbonyl (C=O) groups is 2. The quantitative estimate of drug-likeness (QED) is 0.893. The molecule has 0 saturated carbocycles. The molecular formula is C18H25N3O2. The van der Waals surface area contributed by atoms with Crippen molar-refractivity contribution in [3.8, 4) is 0 Å². The minimum atomic E-state index is 0.00144. The van der Waals surface area contributed by atoms with Gasteiger partial charge in [-0.1, -0.05) is 6.92 Å². The van der Waals surface area contributed by atoms with E-state index in [1.165, 1.54) is 0 Å². The summed E-state index contributed by atoms with van der Waals surface area (Å²) < 4.78 is 0. The maximum absolute atomic E-state index is 12.4. The summed E-state index contributed by atoms with van der Waals surface area (Å²) in [6.07, 6.45) is 2.18. The molecular weight excluding hydrogens is 290 g/mol. The fourth-order valence-corrected chi connectivity index (χ4v) is 3.16. The highest BCUT2D eigenvalue weighted by atomic mass is 16.2. The van der Waals surface area contributed by atoms with Crippen molar-refractivity contribution in [2.75, 3.05) is 31.5 Å². The average Bonchev–Trinajstić information content (AvgIpc) is 3.00. The lowest BCUT2D eigenvalue weighted by atomic mass is 9.88. The van der Waals surface area contributed by atoms with E-state index in [1.807, 2.05) is 36.9 Å². The number of hydrogen-bond acceptors (Lipinski definition) is 3. The third-order valence-electron chi connectivity index (χ3n) is 5.06. The number of nitrogens with zero attached hydrogens (tertiary/aromatic N) is 1. The summed E-state index contributed by atoms with van der Waals surface area (Å²) in [5.41, 5.74) is 2.44. The molecule has 2 amide bonds. The van der Waals surface area contributed by atoms with Crippen molar-refractivity contribution in [3.63, 3.8) is 0 Å². The second kappa shape index (κ2) is 6.71. The van der Waals surface area contributed by atoms with Crippen molar-refractivity contribution in [3.05, 3.63) is 29.3 Å². The molecule has 2 aliphatic rings. The van der Waals surface area contributed by atoms with Crippen molar-refractivity contribution in [2.45, 2.75) is 26.7 Å². The van der Waals surface area contributed by atoms with Crippen molar-refractivity contribution >= 4 is 17.5 Å². The molecule has 23 heavy (non-hydrogen) atoms. The normalized spacial score (nSPS) is 19.3. The Kier molecular flexibility index (Phi) is 4.66. The first kappa shape index (κ1) is 16.0. The standard InChI is InChI=1S/C18H25N3O2/c1-12-9-14(18(23)21-7-3-4-8-21)5-6-16(12)20-17(22)13(2)15-10-19-11-15/h5-6,9,13,15,19H,3-4,7-8,10-11H2,1-2H3,(H,20,22). The molecule has 0 bridgehead atoms. The van der Waals surface area contributed by atoms with Crippen LogP contribution >= 0.6 is 0 Å². The first-order valence-corrected chi connectivity index (χ1v) is 8.48. The molecule has 5 heteroatoms. The minimum absolute atomic E-state index is 0.00144. The van der Waals surface area contributed by atoms with Gasteiger partial charge in [-0.3, -0.25) is 9.59 Å². The van der Waals surface area contributed by atoms with Gasteiger partial charge < -0.3 is 15.5 Å². The Hall–Kier alpha value is -1.88. The first-order valence-electron chi connectivity index (χ1n) is 8.48. The molecule has 2 aliphatic heterocycles. The van der Waals surface area contributed by atoms with E-state index < -0.39 is 0 Å². The van der Waals surface area contributed by atoms with E-state index in [2.05, 4.69) is 10.6 Å². The SMILES string of the molecule is Cc1cc(C(=O)N2CCCC2)ccc1NC(=O)C(C)C1CNC1. The van der Waals surface area contributed by atoms with E-state index >= 15 is 0 Å². The van der Waals surface area contributed by atoms with E-state index in [1.54, 1.807) is 0 Å². The van der Waals surface area contributed by atoms with Crippen LogP contribution in [0.3, 0.4) is 0 Å². The number of amides is 2. The Morgan fingerprint density at radius 2 is 1.96 bits per heavy atom. The van der Waals surface area contributed by atoms with Crippen LogP contribution in [-0.4, -0.2) is 42.9 Å². The lowest BCUT2D eigenvalue weighted by molar-refractivity contribution is -0.121. The highest BCUT2D eigenvalue weighted by Gasteiger charge is 2.29. The summed E-state index contributed by atoms with van der Waals surface area (Å²) in [7, 11) is 0. The Bertz CT molecular complexity index is 604. The summed E-state index contributed by atoms with van der Waals surface area (Å²) in [5, 5.41) is 6.20. The molecule has 1 atom stereocenters. The molecule has 1 aromatic carbocycles. The van der Waals surface area contributed by atoms with Crippen molar-refractivity contribution < 1.29 is 9.59 Å². The van der Waals surface area contributed by atoms with Gasteiger partial charge in [0.2, 0.25) is 5.91 Å². The molecule has 0 spiro atoms. The molecule has 1 unspecified atom stereocenters. The molecule has 1 aromatic rings. The highest BCUT2D eigenvalue weighted by molar-refractivity contribution is 5.97. The number of aryl methyl sites for hydroxylation is 1. The van der Waals surface area contributed by atoms with Gasteiger partial charge in [0.1, 0.15) is 0 Å². The van der Waals surface area contributed by atoms with Gasteiger partial charge in [0.25, 0.3) is 5.91 Å². The molecule has 124 valence electrons. The topological polar surface area (TPSA) is 61.4 Å². The zero-order valence-electron chi connectivity index (χ0n) is 13.9. The van der Waals surface area contributed by atoms with E-state index in [0.29, 0.717) is 11.5 Å². The number of carbonyl (C=O) groups excluding carboxylic acids is 2. The number of rotatable bonds is 4. The smallest absolute Gasteiger partial charge is 0.253 e. The first-order chi connectivity index (χ1) is 11.1. The van der Waals surface area contributed by atoms with Gasteiger partial charge in [0.05, 0.1) is 0 Å². The number of likely N-dealkylation sites (tertiary alicyclic amines) is 1. The van der Waals surface area contributed by atoms with Crippen LogP contribution < -0.4 is 10.6 Å². The predicted molar refractivity (Wildman–Crippen MR) is 90.5 cm³/mol. The lowest BCUT2D eigenvalue weighted by Crippen LogP contribution is -2.48. The van der Waals surface area contributed by atoms with Crippen molar-refractivity contribution in [1.82, 2.24) is 10.2 Å². The minimum Gasteiger partial charge on any atom is -0.339 e. The average molecular weight is 315 g/mol. The molecule has 0 aromatic heterocycles. The molecule has 2 fully saturated rings. The third-order valence-corrected chi connectivity index (χ3v) is 5.06. The Morgan fingerprint density at radius 3 is 2.52 bits per heavy atom. The summed E-state index contributed by atoms with van der Waals surface area (Å²) in [6.45, 7) is 7.44. The van der Waals surface area contributed by atoms with Crippen LogP contribution in [0.1, 0.15) is 35.7 Å².